The molecular formula is C21H18ClF4N2O+. The van der Waals surface area contributed by atoms with Crippen LogP contribution in [-0.4, -0.2) is 24.0 Å². The van der Waals surface area contributed by atoms with Crippen molar-refractivity contribution in [3.63, 3.8) is 0 Å². The Hall–Kier alpha value is -2.38. The normalized spacial score (nSPS) is 20.0. The molecule has 152 valence electrons. The minimum absolute atomic E-state index is 0.109. The van der Waals surface area contributed by atoms with Crippen LogP contribution in [0.2, 0.25) is 5.02 Å². The van der Waals surface area contributed by atoms with E-state index in [0.717, 1.165) is 28.6 Å². The summed E-state index contributed by atoms with van der Waals surface area (Å²) in [6, 6.07) is 8.27. The van der Waals surface area contributed by atoms with Gasteiger partial charge in [-0.15, -0.1) is 0 Å². The van der Waals surface area contributed by atoms with Crippen molar-refractivity contribution in [1.82, 2.24) is 9.47 Å². The summed E-state index contributed by atoms with van der Waals surface area (Å²) in [4.78, 5) is 15.9. The van der Waals surface area contributed by atoms with E-state index >= 15 is 0 Å². The van der Waals surface area contributed by atoms with E-state index in [-0.39, 0.29) is 16.1 Å². The summed E-state index contributed by atoms with van der Waals surface area (Å²) in [5, 5.41) is 1.52. The molecule has 3 aromatic rings. The lowest BCUT2D eigenvalue weighted by Crippen LogP contribution is -2.51. The molecule has 0 saturated carbocycles. The van der Waals surface area contributed by atoms with Crippen LogP contribution in [0.1, 0.15) is 24.0 Å². The molecule has 1 unspecified atom stereocenters. The molecule has 0 radical (unpaired) electrons. The standard InChI is InChI=1S/C21H18ClF4N2O/c22-14-3-6-19-16(10-14)13(12-27-19)7-9-28(8-1-2-20(28)29)15-4-5-17(18(23)11-15)21(24,25)26/h3-6,10-12,27H,1-2,7-9H2/q+1. The van der Waals surface area contributed by atoms with Gasteiger partial charge in [0, 0.05) is 47.1 Å². The largest absolute Gasteiger partial charge is 0.419 e. The maximum atomic E-state index is 14.2. The van der Waals surface area contributed by atoms with Crippen LogP contribution in [0.25, 0.3) is 10.9 Å². The zero-order valence-electron chi connectivity index (χ0n) is 15.3. The Bertz CT molecular complexity index is 1090. The number of alkyl halides is 3. The molecule has 1 atom stereocenters. The Kier molecular flexibility index (Phi) is 4.91. The highest BCUT2D eigenvalue weighted by Crippen LogP contribution is 2.37. The van der Waals surface area contributed by atoms with Gasteiger partial charge in [-0.05, 0) is 29.8 Å². The van der Waals surface area contributed by atoms with Crippen LogP contribution in [0, 0.1) is 5.82 Å². The molecule has 1 aliphatic heterocycles. The van der Waals surface area contributed by atoms with Gasteiger partial charge in [0.25, 0.3) is 0 Å². The Labute approximate surface area is 169 Å². The highest BCUT2D eigenvalue weighted by molar-refractivity contribution is 6.31. The minimum atomic E-state index is -4.77. The second-order valence-corrected chi connectivity index (χ2v) is 7.76. The molecule has 1 aliphatic rings. The number of nitrogens with one attached hydrogen (secondary N) is 1. The van der Waals surface area contributed by atoms with Crippen molar-refractivity contribution in [2.75, 3.05) is 13.1 Å². The average molecular weight is 426 g/mol. The van der Waals surface area contributed by atoms with Crippen molar-refractivity contribution in [3.8, 4) is 0 Å². The molecule has 0 aliphatic carbocycles. The Morgan fingerprint density at radius 2 is 1.93 bits per heavy atom. The second kappa shape index (κ2) is 7.15. The molecule has 0 bridgehead atoms. The first-order chi connectivity index (χ1) is 13.7. The molecular weight excluding hydrogens is 408 g/mol. The van der Waals surface area contributed by atoms with E-state index in [4.69, 9.17) is 11.6 Å². The number of quaternary nitrogens is 1. The van der Waals surface area contributed by atoms with Crippen LogP contribution in [0.4, 0.5) is 23.2 Å². The molecule has 0 spiro atoms. The molecule has 1 saturated heterocycles. The number of benzene rings is 2. The van der Waals surface area contributed by atoms with Gasteiger partial charge in [-0.2, -0.15) is 13.2 Å². The van der Waals surface area contributed by atoms with Gasteiger partial charge < -0.3 is 4.98 Å². The number of nitrogens with zero attached hydrogens (tertiary/aromatic N) is 1. The molecule has 8 heteroatoms. The molecule has 1 N–H and O–H groups in total. The number of aromatic amines is 1. The number of likely N-dealkylation sites (tertiary alicyclic amines) is 1. The third-order valence-corrected chi connectivity index (χ3v) is 5.89. The molecule has 1 amide bonds. The van der Waals surface area contributed by atoms with E-state index in [9.17, 15) is 22.4 Å². The fourth-order valence-electron chi connectivity index (χ4n) is 4.15. The second-order valence-electron chi connectivity index (χ2n) is 7.33. The fourth-order valence-corrected chi connectivity index (χ4v) is 4.32. The number of carbonyl (C=O) groups is 1. The van der Waals surface area contributed by atoms with Crippen molar-refractivity contribution < 1.29 is 22.4 Å². The molecule has 2 aromatic carbocycles. The van der Waals surface area contributed by atoms with Gasteiger partial charge in [0.05, 0.1) is 25.1 Å². The number of carbonyl (C=O) groups excluding carboxylic acids is 1. The highest BCUT2D eigenvalue weighted by Gasteiger charge is 2.44. The van der Waals surface area contributed by atoms with Crippen LogP contribution < -0.4 is 4.48 Å². The van der Waals surface area contributed by atoms with Crippen molar-refractivity contribution >= 4 is 34.1 Å². The number of hydrogen-bond acceptors (Lipinski definition) is 1. The number of aromatic nitrogens is 1. The van der Waals surface area contributed by atoms with E-state index in [1.54, 1.807) is 6.07 Å². The quantitative estimate of drug-likeness (QED) is 0.413. The zero-order chi connectivity index (χ0) is 20.8. The first-order valence-corrected chi connectivity index (χ1v) is 9.62. The van der Waals surface area contributed by atoms with Crippen molar-refractivity contribution in [2.45, 2.75) is 25.4 Å². The van der Waals surface area contributed by atoms with Crippen LogP contribution in [-0.2, 0) is 17.4 Å². The van der Waals surface area contributed by atoms with Crippen molar-refractivity contribution in [1.29, 1.82) is 0 Å². The van der Waals surface area contributed by atoms with E-state index in [1.165, 1.54) is 6.07 Å². The van der Waals surface area contributed by atoms with Gasteiger partial charge in [-0.3, -0.25) is 0 Å². The van der Waals surface area contributed by atoms with Gasteiger partial charge in [-0.25, -0.2) is 13.7 Å². The van der Waals surface area contributed by atoms with Crippen LogP contribution in [0.3, 0.4) is 0 Å². The Morgan fingerprint density at radius 1 is 1.14 bits per heavy atom. The molecule has 29 heavy (non-hydrogen) atoms. The number of hydrogen-bond donors (Lipinski definition) is 1. The summed E-state index contributed by atoms with van der Waals surface area (Å²) in [7, 11) is 0. The predicted molar refractivity (Wildman–Crippen MR) is 104 cm³/mol. The monoisotopic (exact) mass is 425 g/mol. The smallest absolute Gasteiger partial charge is 0.361 e. The SMILES string of the molecule is O=C1CCC[N+]1(CCc1c[nH]c2ccc(Cl)cc12)c1ccc(C(F)(F)F)c(F)c1. The van der Waals surface area contributed by atoms with Crippen molar-refractivity contribution in [3.05, 3.63) is 64.6 Å². The summed E-state index contributed by atoms with van der Waals surface area (Å²) < 4.78 is 52.8. The number of fused-ring (bicyclic) bond motifs is 1. The fraction of sp³-hybridized carbons (Fsp3) is 0.286. The molecule has 4 rings (SSSR count). The summed E-state index contributed by atoms with van der Waals surface area (Å²) >= 11 is 6.08. The van der Waals surface area contributed by atoms with Gasteiger partial charge in [0.15, 0.2) is 0 Å². The summed E-state index contributed by atoms with van der Waals surface area (Å²) in [6.45, 7) is 0.774. The van der Waals surface area contributed by atoms with Gasteiger partial charge in [0.1, 0.15) is 11.5 Å². The molecule has 1 fully saturated rings. The number of halogens is 5. The minimum Gasteiger partial charge on any atom is -0.361 e. The molecule has 3 nitrogen and oxygen atoms in total. The van der Waals surface area contributed by atoms with Gasteiger partial charge >= 0.3 is 12.1 Å². The third kappa shape index (κ3) is 3.53. The Balaban J connectivity index is 1.68. The first kappa shape index (κ1) is 19.9. The maximum Gasteiger partial charge on any atom is 0.419 e. The molecule has 1 aromatic heterocycles. The number of H-pyrrole nitrogens is 1. The van der Waals surface area contributed by atoms with E-state index in [1.807, 2.05) is 18.3 Å². The molecule has 2 heterocycles. The third-order valence-electron chi connectivity index (χ3n) is 5.65. The summed E-state index contributed by atoms with van der Waals surface area (Å²) in [5.74, 6) is -1.46. The van der Waals surface area contributed by atoms with Crippen molar-refractivity contribution in [2.24, 2.45) is 0 Å². The van der Waals surface area contributed by atoms with E-state index < -0.39 is 17.6 Å². The predicted octanol–water partition coefficient (Wildman–Crippen LogP) is 5.85. The number of rotatable bonds is 4. The maximum absolute atomic E-state index is 14.2. The topological polar surface area (TPSA) is 32.9 Å². The van der Waals surface area contributed by atoms with Gasteiger partial charge in [-0.1, -0.05) is 11.6 Å². The zero-order valence-corrected chi connectivity index (χ0v) is 16.1. The van der Waals surface area contributed by atoms with E-state index in [0.29, 0.717) is 37.4 Å². The lowest BCUT2D eigenvalue weighted by Gasteiger charge is -2.31. The summed E-state index contributed by atoms with van der Waals surface area (Å²) in [5.41, 5.74) is 0.796. The van der Waals surface area contributed by atoms with Crippen LogP contribution >= 0.6 is 11.6 Å². The van der Waals surface area contributed by atoms with Crippen LogP contribution in [0.15, 0.2) is 42.6 Å². The summed E-state index contributed by atoms with van der Waals surface area (Å²) in [6.07, 6.45) is -1.50. The first-order valence-electron chi connectivity index (χ1n) is 9.24. The lowest BCUT2D eigenvalue weighted by atomic mass is 10.1. The Morgan fingerprint density at radius 3 is 2.59 bits per heavy atom. The number of amides is 1. The van der Waals surface area contributed by atoms with Gasteiger partial charge in [0.2, 0.25) is 0 Å². The van der Waals surface area contributed by atoms with Crippen LogP contribution in [0.5, 0.6) is 0 Å². The average Bonchev–Trinajstić information content (AvgIpc) is 3.22. The highest BCUT2D eigenvalue weighted by atomic mass is 35.5. The van der Waals surface area contributed by atoms with E-state index in [2.05, 4.69) is 4.98 Å². The lowest BCUT2D eigenvalue weighted by molar-refractivity contribution is -0.140.